The highest BCUT2D eigenvalue weighted by atomic mass is 32.2. The van der Waals surface area contributed by atoms with Crippen LogP contribution in [0.2, 0.25) is 0 Å². The molecule has 0 saturated carbocycles. The number of hydrogen-bond donors (Lipinski definition) is 1. The maximum Gasteiger partial charge on any atom is 0.149 e. The molecule has 0 aliphatic rings. The summed E-state index contributed by atoms with van der Waals surface area (Å²) in [5.41, 5.74) is 6.55. The smallest absolute Gasteiger partial charge is 0.149 e. The van der Waals surface area contributed by atoms with Crippen LogP contribution >= 0.6 is 0 Å². The Labute approximate surface area is 90.0 Å². The molecule has 0 radical (unpaired) electrons. The van der Waals surface area contributed by atoms with E-state index in [1.807, 2.05) is 0 Å². The minimum absolute atomic E-state index is 0.0423. The van der Waals surface area contributed by atoms with Gasteiger partial charge in [-0.2, -0.15) is 0 Å². The van der Waals surface area contributed by atoms with Gasteiger partial charge in [0.2, 0.25) is 0 Å². The highest BCUT2D eigenvalue weighted by Gasteiger charge is 2.12. The highest BCUT2D eigenvalue weighted by molar-refractivity contribution is 7.90. The fraction of sp³-hybridized carbons (Fsp3) is 0.400. The summed E-state index contributed by atoms with van der Waals surface area (Å²) in [5.74, 6) is 0.685. The molecule has 0 bridgehead atoms. The van der Waals surface area contributed by atoms with Gasteiger partial charge >= 0.3 is 0 Å². The molecule has 15 heavy (non-hydrogen) atoms. The molecular weight excluding hydrogens is 214 g/mol. The summed E-state index contributed by atoms with van der Waals surface area (Å²) in [4.78, 5) is 0. The van der Waals surface area contributed by atoms with E-state index in [1.165, 1.54) is 6.26 Å². The first kappa shape index (κ1) is 12.0. The van der Waals surface area contributed by atoms with Crippen LogP contribution in [-0.2, 0) is 9.84 Å². The predicted molar refractivity (Wildman–Crippen MR) is 59.6 cm³/mol. The van der Waals surface area contributed by atoms with Crippen LogP contribution in [0.15, 0.2) is 24.3 Å². The van der Waals surface area contributed by atoms with E-state index < -0.39 is 15.9 Å². The number of sulfone groups is 1. The van der Waals surface area contributed by atoms with Gasteiger partial charge < -0.3 is 10.5 Å². The van der Waals surface area contributed by atoms with Crippen molar-refractivity contribution in [3.05, 3.63) is 29.8 Å². The minimum atomic E-state index is -3.04. The molecule has 0 fully saturated rings. The largest absolute Gasteiger partial charge is 0.497 e. The molecule has 5 heteroatoms. The zero-order chi connectivity index (χ0) is 11.5. The van der Waals surface area contributed by atoms with Crippen LogP contribution in [0.25, 0.3) is 0 Å². The second-order valence-corrected chi connectivity index (χ2v) is 5.66. The van der Waals surface area contributed by atoms with Crippen LogP contribution in [0.1, 0.15) is 11.6 Å². The normalized spacial score (nSPS) is 13.5. The maximum absolute atomic E-state index is 11.0. The monoisotopic (exact) mass is 229 g/mol. The summed E-state index contributed by atoms with van der Waals surface area (Å²) >= 11 is 0. The Hall–Kier alpha value is -1.07. The van der Waals surface area contributed by atoms with E-state index in [2.05, 4.69) is 0 Å². The van der Waals surface area contributed by atoms with Gasteiger partial charge in [0.15, 0.2) is 0 Å². The van der Waals surface area contributed by atoms with Gasteiger partial charge in [-0.25, -0.2) is 8.42 Å². The summed E-state index contributed by atoms with van der Waals surface area (Å²) < 4.78 is 27.1. The molecule has 0 aliphatic carbocycles. The first-order valence-electron chi connectivity index (χ1n) is 4.49. The van der Waals surface area contributed by atoms with Crippen LogP contribution in [0.3, 0.4) is 0 Å². The van der Waals surface area contributed by atoms with E-state index in [4.69, 9.17) is 10.5 Å². The first-order valence-corrected chi connectivity index (χ1v) is 6.55. The Kier molecular flexibility index (Phi) is 3.71. The van der Waals surface area contributed by atoms with E-state index in [0.717, 1.165) is 11.3 Å². The second-order valence-electron chi connectivity index (χ2n) is 3.47. The molecule has 0 amide bonds. The van der Waals surface area contributed by atoms with Crippen molar-refractivity contribution < 1.29 is 13.2 Å². The van der Waals surface area contributed by atoms with E-state index in [1.54, 1.807) is 31.4 Å². The van der Waals surface area contributed by atoms with E-state index >= 15 is 0 Å². The molecule has 1 unspecified atom stereocenters. The Morgan fingerprint density at radius 3 is 2.27 bits per heavy atom. The summed E-state index contributed by atoms with van der Waals surface area (Å²) in [6.45, 7) is 0. The Morgan fingerprint density at radius 2 is 1.87 bits per heavy atom. The Balaban J connectivity index is 2.78. The van der Waals surface area contributed by atoms with Gasteiger partial charge in [-0.3, -0.25) is 0 Å². The average molecular weight is 229 g/mol. The quantitative estimate of drug-likeness (QED) is 0.826. The molecule has 1 rings (SSSR count). The molecule has 1 aromatic rings. The van der Waals surface area contributed by atoms with Gasteiger partial charge in [0.1, 0.15) is 15.6 Å². The third-order valence-electron chi connectivity index (χ3n) is 2.03. The lowest BCUT2D eigenvalue weighted by Gasteiger charge is -2.11. The fourth-order valence-electron chi connectivity index (χ4n) is 1.27. The average Bonchev–Trinajstić information content (AvgIpc) is 2.15. The lowest BCUT2D eigenvalue weighted by atomic mass is 10.1. The van der Waals surface area contributed by atoms with E-state index in [-0.39, 0.29) is 5.75 Å². The van der Waals surface area contributed by atoms with Gasteiger partial charge in [0.25, 0.3) is 0 Å². The zero-order valence-corrected chi connectivity index (χ0v) is 9.62. The number of methoxy groups -OCH3 is 1. The van der Waals surface area contributed by atoms with Crippen molar-refractivity contribution in [2.24, 2.45) is 5.73 Å². The van der Waals surface area contributed by atoms with Crippen LogP contribution in [0.4, 0.5) is 0 Å². The van der Waals surface area contributed by atoms with Gasteiger partial charge in [0, 0.05) is 12.3 Å². The minimum Gasteiger partial charge on any atom is -0.497 e. The summed E-state index contributed by atoms with van der Waals surface area (Å²) in [6.07, 6.45) is 1.18. The maximum atomic E-state index is 11.0. The van der Waals surface area contributed by atoms with Gasteiger partial charge in [-0.15, -0.1) is 0 Å². The number of rotatable bonds is 4. The van der Waals surface area contributed by atoms with Crippen molar-refractivity contribution in [3.8, 4) is 5.75 Å². The Morgan fingerprint density at radius 1 is 1.33 bits per heavy atom. The summed E-state index contributed by atoms with van der Waals surface area (Å²) in [5, 5.41) is 0. The zero-order valence-electron chi connectivity index (χ0n) is 8.80. The lowest BCUT2D eigenvalue weighted by molar-refractivity contribution is 0.414. The number of benzene rings is 1. The third kappa shape index (κ3) is 3.89. The van der Waals surface area contributed by atoms with Gasteiger partial charge in [-0.1, -0.05) is 12.1 Å². The van der Waals surface area contributed by atoms with Gasteiger partial charge in [-0.05, 0) is 17.7 Å². The molecule has 0 aromatic heterocycles. The topological polar surface area (TPSA) is 69.4 Å². The number of ether oxygens (including phenoxy) is 1. The molecule has 4 nitrogen and oxygen atoms in total. The molecular formula is C10H15NO3S. The van der Waals surface area contributed by atoms with Crippen molar-refractivity contribution in [2.45, 2.75) is 6.04 Å². The molecule has 0 aliphatic heterocycles. The lowest BCUT2D eigenvalue weighted by Crippen LogP contribution is -2.20. The number of nitrogens with two attached hydrogens (primary N) is 1. The molecule has 0 spiro atoms. The van der Waals surface area contributed by atoms with E-state index in [0.29, 0.717) is 0 Å². The van der Waals surface area contributed by atoms with Crippen LogP contribution in [0, 0.1) is 0 Å². The van der Waals surface area contributed by atoms with Crippen LogP contribution in [0.5, 0.6) is 5.75 Å². The predicted octanol–water partition coefficient (Wildman–Crippen LogP) is 0.740. The van der Waals surface area contributed by atoms with Crippen molar-refractivity contribution in [2.75, 3.05) is 19.1 Å². The van der Waals surface area contributed by atoms with Gasteiger partial charge in [0.05, 0.1) is 12.9 Å². The van der Waals surface area contributed by atoms with Crippen molar-refractivity contribution in [1.29, 1.82) is 0 Å². The van der Waals surface area contributed by atoms with Crippen molar-refractivity contribution in [1.82, 2.24) is 0 Å². The van der Waals surface area contributed by atoms with Crippen molar-refractivity contribution >= 4 is 9.84 Å². The second kappa shape index (κ2) is 4.63. The fourth-order valence-corrected chi connectivity index (χ4v) is 2.12. The summed E-state index contributed by atoms with van der Waals surface area (Å²) in [7, 11) is -1.47. The molecule has 84 valence electrons. The number of hydrogen-bond acceptors (Lipinski definition) is 4. The molecule has 1 aromatic carbocycles. The SMILES string of the molecule is COc1ccc(C(N)CS(C)(=O)=O)cc1. The molecule has 0 saturated heterocycles. The van der Waals surface area contributed by atoms with Crippen LogP contribution < -0.4 is 10.5 Å². The summed E-state index contributed by atoms with van der Waals surface area (Å²) in [6, 6.07) is 6.59. The first-order chi connectivity index (χ1) is 6.92. The molecule has 1 atom stereocenters. The third-order valence-corrected chi connectivity index (χ3v) is 2.99. The van der Waals surface area contributed by atoms with E-state index in [9.17, 15) is 8.42 Å². The Bertz CT molecular complexity index is 411. The highest BCUT2D eigenvalue weighted by Crippen LogP contribution is 2.16. The standard InChI is InChI=1S/C10H15NO3S/c1-14-9-5-3-8(4-6-9)10(11)7-15(2,12)13/h3-6,10H,7,11H2,1-2H3. The van der Waals surface area contributed by atoms with Crippen LogP contribution in [-0.4, -0.2) is 27.5 Å². The van der Waals surface area contributed by atoms with Crippen molar-refractivity contribution in [3.63, 3.8) is 0 Å². The molecule has 2 N–H and O–H groups in total. The molecule has 0 heterocycles.